The number of fused-ring (bicyclic) bond motifs is 1. The van der Waals surface area contributed by atoms with Gasteiger partial charge in [0.15, 0.2) is 5.13 Å². The number of anilines is 1. The minimum atomic E-state index is -1.25. The molecule has 3 heterocycles. The summed E-state index contributed by atoms with van der Waals surface area (Å²) >= 11 is 2.56. The van der Waals surface area contributed by atoms with Crippen molar-refractivity contribution in [1.29, 1.82) is 0 Å². The molecule has 0 saturated carbocycles. The summed E-state index contributed by atoms with van der Waals surface area (Å²) in [5.41, 5.74) is 1.41. The van der Waals surface area contributed by atoms with E-state index < -0.39 is 29.3 Å². The fourth-order valence-corrected chi connectivity index (χ4v) is 5.49. The number of nitrogens with zero attached hydrogens (tertiary/aromatic N) is 2. The number of aliphatic carboxylic acids is 1. The van der Waals surface area contributed by atoms with Gasteiger partial charge in [0.25, 0.3) is 11.8 Å². The monoisotopic (exact) mass is 488 g/mol. The number of benzene rings is 1. The van der Waals surface area contributed by atoms with Crippen LogP contribution >= 0.6 is 23.1 Å². The van der Waals surface area contributed by atoms with Gasteiger partial charge in [-0.3, -0.25) is 19.3 Å². The standard InChI is InChI=1S/C21H20N4O6S2/c1-11(26)31-8-13-9-32-19-15(18(28)25(19)16(13)20(29)30)24-21-23-14(10-33-21)17(27)22-7-12-5-3-2-4-6-12/h2-6,10,15,19H,7-9H2,1H3,(H,22,27)(H,23,24)(H,29,30)/t15-,19-/m1/s1. The number of thiazole rings is 1. The summed E-state index contributed by atoms with van der Waals surface area (Å²) in [5.74, 6) is -2.22. The molecule has 4 rings (SSSR count). The summed E-state index contributed by atoms with van der Waals surface area (Å²) in [6.07, 6.45) is 0. The number of hydrogen-bond acceptors (Lipinski definition) is 9. The third kappa shape index (κ3) is 4.86. The van der Waals surface area contributed by atoms with E-state index in [0.717, 1.165) is 5.56 Å². The topological polar surface area (TPSA) is 138 Å². The second-order valence-corrected chi connectivity index (χ2v) is 9.24. The first-order valence-electron chi connectivity index (χ1n) is 9.92. The number of β-lactam (4-membered cyclic amide) rings is 1. The number of carboxylic acid groups (broad SMARTS) is 1. The summed E-state index contributed by atoms with van der Waals surface area (Å²) in [6, 6.07) is 8.81. The molecule has 33 heavy (non-hydrogen) atoms. The summed E-state index contributed by atoms with van der Waals surface area (Å²) in [6.45, 7) is 1.43. The van der Waals surface area contributed by atoms with E-state index in [1.807, 2.05) is 30.3 Å². The van der Waals surface area contributed by atoms with E-state index in [4.69, 9.17) is 4.74 Å². The van der Waals surface area contributed by atoms with Gasteiger partial charge in [0.05, 0.1) is 0 Å². The molecule has 172 valence electrons. The number of rotatable bonds is 8. The molecular weight excluding hydrogens is 468 g/mol. The van der Waals surface area contributed by atoms with E-state index >= 15 is 0 Å². The third-order valence-electron chi connectivity index (χ3n) is 5.01. The predicted molar refractivity (Wildman–Crippen MR) is 122 cm³/mol. The molecule has 2 amide bonds. The molecule has 2 aromatic rings. The number of ether oxygens (including phenoxy) is 1. The van der Waals surface area contributed by atoms with Crippen molar-refractivity contribution in [3.8, 4) is 0 Å². The quantitative estimate of drug-likeness (QED) is 0.374. The van der Waals surface area contributed by atoms with Gasteiger partial charge in [0, 0.05) is 30.2 Å². The molecule has 2 aliphatic heterocycles. The van der Waals surface area contributed by atoms with Crippen LogP contribution in [0.25, 0.3) is 0 Å². The Morgan fingerprint density at radius 1 is 1.27 bits per heavy atom. The summed E-state index contributed by atoms with van der Waals surface area (Å²) in [7, 11) is 0. The second-order valence-electron chi connectivity index (χ2n) is 7.28. The van der Waals surface area contributed by atoms with E-state index in [1.54, 1.807) is 5.38 Å². The normalized spacial score (nSPS) is 19.4. The molecular formula is C21H20N4O6S2. The molecule has 1 fully saturated rings. The maximum absolute atomic E-state index is 12.7. The fourth-order valence-electron chi connectivity index (χ4n) is 3.43. The van der Waals surface area contributed by atoms with Crippen LogP contribution < -0.4 is 10.6 Å². The Hall–Kier alpha value is -3.38. The molecule has 1 aromatic heterocycles. The van der Waals surface area contributed by atoms with Crippen LogP contribution in [0.5, 0.6) is 0 Å². The first-order valence-corrected chi connectivity index (χ1v) is 11.9. The molecule has 0 spiro atoms. The number of carbonyl (C=O) groups is 4. The number of hydrogen-bond donors (Lipinski definition) is 3. The van der Waals surface area contributed by atoms with E-state index in [9.17, 15) is 24.3 Å². The maximum Gasteiger partial charge on any atom is 0.352 e. The molecule has 3 N–H and O–H groups in total. The smallest absolute Gasteiger partial charge is 0.352 e. The van der Waals surface area contributed by atoms with Gasteiger partial charge in [-0.25, -0.2) is 9.78 Å². The lowest BCUT2D eigenvalue weighted by Crippen LogP contribution is -2.67. The summed E-state index contributed by atoms with van der Waals surface area (Å²) < 4.78 is 4.93. The molecule has 1 saturated heterocycles. The minimum absolute atomic E-state index is 0.150. The van der Waals surface area contributed by atoms with Gasteiger partial charge in [-0.1, -0.05) is 30.3 Å². The Bertz CT molecular complexity index is 1130. The van der Waals surface area contributed by atoms with Crippen LogP contribution in [0, 0.1) is 0 Å². The van der Waals surface area contributed by atoms with Crippen molar-refractivity contribution < 1.29 is 29.0 Å². The Morgan fingerprint density at radius 3 is 2.73 bits per heavy atom. The molecule has 0 radical (unpaired) electrons. The molecule has 0 bridgehead atoms. The number of amides is 2. The van der Waals surface area contributed by atoms with Crippen molar-refractivity contribution in [2.24, 2.45) is 0 Å². The van der Waals surface area contributed by atoms with Crippen LogP contribution in [0.3, 0.4) is 0 Å². The number of nitrogens with one attached hydrogen (secondary N) is 2. The van der Waals surface area contributed by atoms with Crippen molar-refractivity contribution in [2.45, 2.75) is 24.9 Å². The SMILES string of the molecule is CC(=O)OCC1=C(C(=O)O)N2C(=O)[C@@H](Nc3nc(C(=O)NCc4ccccc4)cs3)[C@H]2SC1. The number of esters is 1. The molecule has 0 aliphatic carbocycles. The maximum atomic E-state index is 12.7. The van der Waals surface area contributed by atoms with Gasteiger partial charge in [0.1, 0.15) is 29.4 Å². The largest absolute Gasteiger partial charge is 0.477 e. The number of carbonyl (C=O) groups excluding carboxylic acids is 3. The zero-order valence-electron chi connectivity index (χ0n) is 17.4. The lowest BCUT2D eigenvalue weighted by atomic mass is 10.0. The highest BCUT2D eigenvalue weighted by molar-refractivity contribution is 8.00. The van der Waals surface area contributed by atoms with Gasteiger partial charge < -0.3 is 20.5 Å². The Kier molecular flexibility index (Phi) is 6.65. The van der Waals surface area contributed by atoms with E-state index in [1.165, 1.54) is 34.9 Å². The fraction of sp³-hybridized carbons (Fsp3) is 0.286. The van der Waals surface area contributed by atoms with Crippen LogP contribution in [0.4, 0.5) is 5.13 Å². The molecule has 10 nitrogen and oxygen atoms in total. The zero-order valence-corrected chi connectivity index (χ0v) is 19.1. The average molecular weight is 489 g/mol. The van der Waals surface area contributed by atoms with Gasteiger partial charge in [-0.15, -0.1) is 23.1 Å². The number of thioether (sulfide) groups is 1. The molecule has 12 heteroatoms. The van der Waals surface area contributed by atoms with Crippen molar-refractivity contribution in [3.05, 3.63) is 58.2 Å². The van der Waals surface area contributed by atoms with Crippen LogP contribution in [0.15, 0.2) is 47.0 Å². The van der Waals surface area contributed by atoms with Crippen molar-refractivity contribution in [1.82, 2.24) is 15.2 Å². The molecule has 0 unspecified atom stereocenters. The molecule has 2 aliphatic rings. The number of carboxylic acids is 1. The van der Waals surface area contributed by atoms with E-state index in [-0.39, 0.29) is 23.9 Å². The Labute approximate surface area is 197 Å². The lowest BCUT2D eigenvalue weighted by Gasteiger charge is -2.49. The Morgan fingerprint density at radius 2 is 2.03 bits per heavy atom. The van der Waals surface area contributed by atoms with Crippen LogP contribution in [-0.4, -0.2) is 62.5 Å². The van der Waals surface area contributed by atoms with Crippen molar-refractivity contribution in [3.63, 3.8) is 0 Å². The highest BCUT2D eigenvalue weighted by Gasteiger charge is 2.54. The average Bonchev–Trinajstić information content (AvgIpc) is 3.28. The Balaban J connectivity index is 1.39. The number of aromatic nitrogens is 1. The third-order valence-corrected chi connectivity index (χ3v) is 7.12. The van der Waals surface area contributed by atoms with Crippen LogP contribution in [0.1, 0.15) is 23.0 Å². The summed E-state index contributed by atoms with van der Waals surface area (Å²) in [4.78, 5) is 53.4. The minimum Gasteiger partial charge on any atom is -0.477 e. The predicted octanol–water partition coefficient (Wildman–Crippen LogP) is 1.67. The van der Waals surface area contributed by atoms with Gasteiger partial charge in [0.2, 0.25) is 0 Å². The van der Waals surface area contributed by atoms with Gasteiger partial charge >= 0.3 is 11.9 Å². The van der Waals surface area contributed by atoms with E-state index in [0.29, 0.717) is 23.0 Å². The van der Waals surface area contributed by atoms with Crippen LogP contribution in [-0.2, 0) is 25.7 Å². The first-order chi connectivity index (χ1) is 15.8. The highest BCUT2D eigenvalue weighted by Crippen LogP contribution is 2.41. The highest BCUT2D eigenvalue weighted by atomic mass is 32.2. The van der Waals surface area contributed by atoms with E-state index in [2.05, 4.69) is 15.6 Å². The lowest BCUT2D eigenvalue weighted by molar-refractivity contribution is -0.147. The van der Waals surface area contributed by atoms with Crippen molar-refractivity contribution >= 4 is 52.0 Å². The second kappa shape index (κ2) is 9.63. The molecule has 2 atom stereocenters. The molecule has 1 aromatic carbocycles. The van der Waals surface area contributed by atoms with Gasteiger partial charge in [-0.2, -0.15) is 0 Å². The van der Waals surface area contributed by atoms with Crippen LogP contribution in [0.2, 0.25) is 0 Å². The van der Waals surface area contributed by atoms with Crippen molar-refractivity contribution in [2.75, 3.05) is 17.7 Å². The summed E-state index contributed by atoms with van der Waals surface area (Å²) in [5, 5.41) is 17.0. The first kappa shape index (κ1) is 22.8. The van der Waals surface area contributed by atoms with Gasteiger partial charge in [-0.05, 0) is 5.56 Å². The zero-order chi connectivity index (χ0) is 23.5.